The van der Waals surface area contributed by atoms with Crippen LogP contribution in [-0.2, 0) is 26.3 Å². The van der Waals surface area contributed by atoms with Crippen molar-refractivity contribution < 1.29 is 9.30 Å². The van der Waals surface area contributed by atoms with Gasteiger partial charge in [0.1, 0.15) is 18.5 Å². The molecule has 1 aliphatic rings. The molecule has 1 aromatic heterocycles. The number of ether oxygens (including phenoxy) is 1. The van der Waals surface area contributed by atoms with E-state index in [1.54, 1.807) is 0 Å². The molecular formula is C40H48NO+. The lowest BCUT2D eigenvalue weighted by molar-refractivity contribution is -0.659. The lowest BCUT2D eigenvalue weighted by Gasteiger charge is -2.29. The SMILES string of the molecule is Cc1c2c(c(CC(C)(C)C)c3ccc(CC(C)(C)C)cc13)Oc1cc3cccc(CC(C)(C)C)c3c3cc[n+](C)c-2c13. The van der Waals surface area contributed by atoms with E-state index in [-0.39, 0.29) is 16.2 Å². The third kappa shape index (κ3) is 5.08. The molecule has 42 heavy (non-hydrogen) atoms. The molecule has 0 bridgehead atoms. The molecule has 6 rings (SSSR count). The van der Waals surface area contributed by atoms with E-state index in [1.807, 2.05) is 0 Å². The van der Waals surface area contributed by atoms with Crippen LogP contribution >= 0.6 is 0 Å². The standard InChI is InChI=1S/C40H48NO/c1-24-30-19-25(21-38(2,3)4)15-16-28(30)31(23-40(8,9)10)37-33(24)36-35-29(17-18-41(36)11)34-26(20-32(35)42-37)13-12-14-27(34)22-39(5,6)7/h12-20H,21-23H2,1-11H3/q+1. The van der Waals surface area contributed by atoms with Gasteiger partial charge in [-0.1, -0.05) is 98.7 Å². The van der Waals surface area contributed by atoms with E-state index < -0.39 is 0 Å². The van der Waals surface area contributed by atoms with Crippen molar-refractivity contribution in [3.8, 4) is 22.8 Å². The molecule has 0 unspecified atom stereocenters. The fraction of sp³-hybridized carbons (Fsp3) is 0.425. The van der Waals surface area contributed by atoms with Gasteiger partial charge in [-0.05, 0) is 86.7 Å². The van der Waals surface area contributed by atoms with Gasteiger partial charge in [0.15, 0.2) is 6.20 Å². The lowest BCUT2D eigenvalue weighted by Crippen LogP contribution is -2.32. The Morgan fingerprint density at radius 3 is 2.05 bits per heavy atom. The van der Waals surface area contributed by atoms with Crippen LogP contribution in [0.5, 0.6) is 11.5 Å². The molecule has 5 aromatic rings. The number of aryl methyl sites for hydroxylation is 2. The second kappa shape index (κ2) is 9.56. The minimum Gasteiger partial charge on any atom is -0.455 e. The van der Waals surface area contributed by atoms with Gasteiger partial charge >= 0.3 is 0 Å². The normalized spacial score (nSPS) is 13.6. The first kappa shape index (κ1) is 28.7. The van der Waals surface area contributed by atoms with Crippen LogP contribution in [0, 0.1) is 23.2 Å². The molecule has 218 valence electrons. The predicted molar refractivity (Wildman–Crippen MR) is 180 cm³/mol. The second-order valence-electron chi connectivity index (χ2n) is 16.5. The quantitative estimate of drug-likeness (QED) is 0.155. The maximum Gasteiger partial charge on any atom is 0.228 e. The zero-order valence-corrected chi connectivity index (χ0v) is 27.7. The average Bonchev–Trinajstić information content (AvgIpc) is 2.85. The van der Waals surface area contributed by atoms with Crippen molar-refractivity contribution in [1.29, 1.82) is 0 Å². The number of pyridine rings is 1. The summed E-state index contributed by atoms with van der Waals surface area (Å²) in [5.41, 5.74) is 8.51. The molecule has 2 nitrogen and oxygen atoms in total. The van der Waals surface area contributed by atoms with Crippen LogP contribution in [0.4, 0.5) is 0 Å². The summed E-state index contributed by atoms with van der Waals surface area (Å²) in [6, 6.07) is 18.5. The van der Waals surface area contributed by atoms with E-state index in [4.69, 9.17) is 4.74 Å². The lowest BCUT2D eigenvalue weighted by atomic mass is 9.80. The first-order valence-corrected chi connectivity index (χ1v) is 15.6. The van der Waals surface area contributed by atoms with Gasteiger partial charge in [-0.25, -0.2) is 4.57 Å². The Kier molecular flexibility index (Phi) is 6.54. The van der Waals surface area contributed by atoms with Crippen molar-refractivity contribution in [3.05, 3.63) is 77.0 Å². The van der Waals surface area contributed by atoms with Gasteiger partial charge < -0.3 is 4.74 Å². The van der Waals surface area contributed by atoms with Gasteiger partial charge in [-0.2, -0.15) is 0 Å². The van der Waals surface area contributed by atoms with Crippen molar-refractivity contribution in [2.24, 2.45) is 23.3 Å². The number of fused-ring (bicyclic) bond motifs is 5. The predicted octanol–water partition coefficient (Wildman–Crippen LogP) is 10.8. The van der Waals surface area contributed by atoms with E-state index in [9.17, 15) is 0 Å². The molecule has 2 heterocycles. The maximum absolute atomic E-state index is 7.12. The van der Waals surface area contributed by atoms with Gasteiger partial charge in [0, 0.05) is 17.0 Å². The summed E-state index contributed by atoms with van der Waals surface area (Å²) in [5, 5.41) is 7.82. The number of benzene rings is 4. The average molecular weight is 559 g/mol. The smallest absolute Gasteiger partial charge is 0.228 e. The summed E-state index contributed by atoms with van der Waals surface area (Å²) in [6.07, 6.45) is 5.29. The van der Waals surface area contributed by atoms with Crippen LogP contribution < -0.4 is 9.30 Å². The fourth-order valence-electron chi connectivity index (χ4n) is 7.17. The Balaban J connectivity index is 1.73. The first-order chi connectivity index (χ1) is 19.5. The number of rotatable bonds is 3. The molecule has 4 aromatic carbocycles. The Morgan fingerprint density at radius 1 is 0.690 bits per heavy atom. The van der Waals surface area contributed by atoms with Gasteiger partial charge in [-0.3, -0.25) is 0 Å². The highest BCUT2D eigenvalue weighted by Crippen LogP contribution is 2.53. The highest BCUT2D eigenvalue weighted by molar-refractivity contribution is 6.17. The van der Waals surface area contributed by atoms with Gasteiger partial charge in [0.05, 0.1) is 10.9 Å². The highest BCUT2D eigenvalue weighted by Gasteiger charge is 2.35. The minimum atomic E-state index is 0.114. The molecule has 0 saturated carbocycles. The van der Waals surface area contributed by atoms with Crippen molar-refractivity contribution >= 4 is 32.3 Å². The maximum atomic E-state index is 7.12. The summed E-state index contributed by atoms with van der Waals surface area (Å²) < 4.78 is 9.44. The summed E-state index contributed by atoms with van der Waals surface area (Å²) in [7, 11) is 2.20. The topological polar surface area (TPSA) is 13.1 Å². The monoisotopic (exact) mass is 558 g/mol. The minimum absolute atomic E-state index is 0.114. The van der Waals surface area contributed by atoms with E-state index >= 15 is 0 Å². The number of hydrogen-bond acceptors (Lipinski definition) is 1. The van der Waals surface area contributed by atoms with Gasteiger partial charge in [0.25, 0.3) is 0 Å². The van der Waals surface area contributed by atoms with Crippen molar-refractivity contribution in [2.75, 3.05) is 0 Å². The van der Waals surface area contributed by atoms with Gasteiger partial charge in [0.2, 0.25) is 5.69 Å². The zero-order chi connectivity index (χ0) is 30.4. The van der Waals surface area contributed by atoms with Crippen LogP contribution in [0.3, 0.4) is 0 Å². The molecule has 0 atom stereocenters. The van der Waals surface area contributed by atoms with Crippen molar-refractivity contribution in [2.45, 2.75) is 88.5 Å². The highest BCUT2D eigenvalue weighted by atomic mass is 16.5. The molecule has 0 aliphatic carbocycles. The summed E-state index contributed by atoms with van der Waals surface area (Å²) >= 11 is 0. The number of aromatic nitrogens is 1. The molecule has 0 saturated heterocycles. The third-order valence-electron chi connectivity index (χ3n) is 8.61. The van der Waals surface area contributed by atoms with E-state index in [0.29, 0.717) is 0 Å². The molecular weight excluding hydrogens is 510 g/mol. The second-order valence-corrected chi connectivity index (χ2v) is 16.5. The Bertz CT molecular complexity index is 1890. The molecule has 0 spiro atoms. The molecule has 0 radical (unpaired) electrons. The molecule has 2 heteroatoms. The zero-order valence-electron chi connectivity index (χ0n) is 27.7. The largest absolute Gasteiger partial charge is 0.455 e. The van der Waals surface area contributed by atoms with Crippen LogP contribution in [-0.4, -0.2) is 0 Å². The van der Waals surface area contributed by atoms with Crippen molar-refractivity contribution in [3.63, 3.8) is 0 Å². The molecule has 0 N–H and O–H groups in total. The van der Waals surface area contributed by atoms with Crippen LogP contribution in [0.25, 0.3) is 43.6 Å². The van der Waals surface area contributed by atoms with E-state index in [2.05, 4.69) is 136 Å². The Morgan fingerprint density at radius 2 is 1.38 bits per heavy atom. The third-order valence-corrected chi connectivity index (χ3v) is 8.61. The van der Waals surface area contributed by atoms with Gasteiger partial charge in [-0.15, -0.1) is 0 Å². The number of hydrogen-bond donors (Lipinski definition) is 0. The summed E-state index contributed by atoms with van der Waals surface area (Å²) in [4.78, 5) is 0. The Hall–Kier alpha value is -3.39. The number of nitrogens with zero attached hydrogens (tertiary/aromatic N) is 1. The summed E-state index contributed by atoms with van der Waals surface area (Å²) in [5.74, 6) is 2.02. The van der Waals surface area contributed by atoms with Crippen LogP contribution in [0.15, 0.2) is 54.7 Å². The van der Waals surface area contributed by atoms with Crippen molar-refractivity contribution in [1.82, 2.24) is 0 Å². The van der Waals surface area contributed by atoms with Crippen LogP contribution in [0.2, 0.25) is 0 Å². The Labute approximate surface area is 252 Å². The summed E-state index contributed by atoms with van der Waals surface area (Å²) in [6.45, 7) is 23.3. The molecule has 1 aliphatic heterocycles. The van der Waals surface area contributed by atoms with Crippen LogP contribution in [0.1, 0.15) is 84.6 Å². The first-order valence-electron chi connectivity index (χ1n) is 15.6. The van der Waals surface area contributed by atoms with E-state index in [1.165, 1.54) is 65.8 Å². The molecule has 0 fully saturated rings. The molecule has 0 amide bonds. The van der Waals surface area contributed by atoms with E-state index in [0.717, 1.165) is 30.8 Å². The fourth-order valence-corrected chi connectivity index (χ4v) is 7.17.